The molecule has 0 radical (unpaired) electrons. The second-order valence-corrected chi connectivity index (χ2v) is 6.26. The molecule has 4 nitrogen and oxygen atoms in total. The third-order valence-corrected chi connectivity index (χ3v) is 4.44. The molecule has 1 aromatic carbocycles. The molecule has 0 fully saturated rings. The van der Waals surface area contributed by atoms with Crippen molar-refractivity contribution in [3.8, 4) is 11.5 Å². The minimum atomic E-state index is 0.277. The summed E-state index contributed by atoms with van der Waals surface area (Å²) in [4.78, 5) is 1.23. The first-order chi connectivity index (χ1) is 10.2. The van der Waals surface area contributed by atoms with Crippen LogP contribution in [-0.4, -0.2) is 37.7 Å². The SMILES string of the molecule is CSc1cc2c(cc1CNCCCC(C)CO)OCCO2. The van der Waals surface area contributed by atoms with Gasteiger partial charge in [0.1, 0.15) is 13.2 Å². The summed E-state index contributed by atoms with van der Waals surface area (Å²) in [5.41, 5.74) is 1.25. The van der Waals surface area contributed by atoms with Gasteiger partial charge in [-0.15, -0.1) is 11.8 Å². The topological polar surface area (TPSA) is 50.7 Å². The number of thioether (sulfide) groups is 1. The van der Waals surface area contributed by atoms with Crippen LogP contribution in [0, 0.1) is 5.92 Å². The fourth-order valence-corrected chi connectivity index (χ4v) is 2.95. The van der Waals surface area contributed by atoms with Gasteiger partial charge in [-0.05, 0) is 49.3 Å². The molecule has 118 valence electrons. The molecular weight excluding hydrogens is 286 g/mol. The molecule has 0 saturated carbocycles. The highest BCUT2D eigenvalue weighted by Crippen LogP contribution is 2.36. The number of hydrogen-bond acceptors (Lipinski definition) is 5. The van der Waals surface area contributed by atoms with E-state index in [1.54, 1.807) is 11.8 Å². The molecule has 0 spiro atoms. The van der Waals surface area contributed by atoms with Crippen LogP contribution >= 0.6 is 11.8 Å². The lowest BCUT2D eigenvalue weighted by Crippen LogP contribution is -2.18. The number of aliphatic hydroxyl groups is 1. The Hall–Kier alpha value is -0.910. The van der Waals surface area contributed by atoms with Gasteiger partial charge in [0, 0.05) is 18.0 Å². The number of rotatable bonds is 8. The zero-order valence-electron chi connectivity index (χ0n) is 12.9. The van der Waals surface area contributed by atoms with E-state index in [1.807, 2.05) is 0 Å². The number of fused-ring (bicyclic) bond motifs is 1. The summed E-state index contributed by atoms with van der Waals surface area (Å²) in [6.07, 6.45) is 4.22. The number of hydrogen-bond donors (Lipinski definition) is 2. The summed E-state index contributed by atoms with van der Waals surface area (Å²) in [6, 6.07) is 4.16. The summed E-state index contributed by atoms with van der Waals surface area (Å²) in [5.74, 6) is 2.10. The first-order valence-electron chi connectivity index (χ1n) is 7.52. The molecule has 1 unspecified atom stereocenters. The first-order valence-corrected chi connectivity index (χ1v) is 8.75. The smallest absolute Gasteiger partial charge is 0.162 e. The highest BCUT2D eigenvalue weighted by Gasteiger charge is 2.15. The van der Waals surface area contributed by atoms with Crippen molar-refractivity contribution in [2.24, 2.45) is 5.92 Å². The predicted molar refractivity (Wildman–Crippen MR) is 86.4 cm³/mol. The normalized spacial score (nSPS) is 15.0. The van der Waals surface area contributed by atoms with Crippen LogP contribution in [0.25, 0.3) is 0 Å². The predicted octanol–water partition coefficient (Wildman–Crippen LogP) is 2.68. The molecule has 0 saturated heterocycles. The average Bonchev–Trinajstić information content (AvgIpc) is 2.53. The summed E-state index contributed by atoms with van der Waals surface area (Å²) in [6.45, 7) is 5.40. The van der Waals surface area contributed by atoms with Crippen molar-refractivity contribution in [1.82, 2.24) is 5.32 Å². The molecule has 1 atom stereocenters. The van der Waals surface area contributed by atoms with Gasteiger partial charge in [0.2, 0.25) is 0 Å². The quantitative estimate of drug-likeness (QED) is 0.571. The second-order valence-electron chi connectivity index (χ2n) is 5.41. The Morgan fingerprint density at radius 3 is 2.67 bits per heavy atom. The van der Waals surface area contributed by atoms with E-state index in [2.05, 4.69) is 30.6 Å². The highest BCUT2D eigenvalue weighted by molar-refractivity contribution is 7.98. The second kappa shape index (κ2) is 8.51. The molecule has 2 N–H and O–H groups in total. The van der Waals surface area contributed by atoms with Crippen molar-refractivity contribution >= 4 is 11.8 Å². The van der Waals surface area contributed by atoms with Crippen LogP contribution in [-0.2, 0) is 6.54 Å². The van der Waals surface area contributed by atoms with Crippen molar-refractivity contribution in [2.45, 2.75) is 31.2 Å². The van der Waals surface area contributed by atoms with Gasteiger partial charge in [-0.1, -0.05) is 6.92 Å². The van der Waals surface area contributed by atoms with E-state index < -0.39 is 0 Å². The van der Waals surface area contributed by atoms with Crippen LogP contribution in [0.3, 0.4) is 0 Å². The Kier molecular flexibility index (Phi) is 6.67. The summed E-state index contributed by atoms with van der Waals surface area (Å²) in [7, 11) is 0. The van der Waals surface area contributed by atoms with Gasteiger partial charge >= 0.3 is 0 Å². The lowest BCUT2D eigenvalue weighted by atomic mass is 10.1. The number of ether oxygens (including phenoxy) is 2. The maximum absolute atomic E-state index is 9.00. The maximum atomic E-state index is 9.00. The Labute approximate surface area is 131 Å². The van der Waals surface area contributed by atoms with Crippen molar-refractivity contribution in [3.05, 3.63) is 17.7 Å². The van der Waals surface area contributed by atoms with Gasteiger partial charge in [-0.3, -0.25) is 0 Å². The molecule has 0 aliphatic carbocycles. The lowest BCUT2D eigenvalue weighted by Gasteiger charge is -2.21. The Balaban J connectivity index is 1.87. The fourth-order valence-electron chi connectivity index (χ4n) is 2.33. The van der Waals surface area contributed by atoms with E-state index in [0.29, 0.717) is 19.1 Å². The molecule has 1 aliphatic rings. The van der Waals surface area contributed by atoms with Crippen molar-refractivity contribution < 1.29 is 14.6 Å². The van der Waals surface area contributed by atoms with Crippen molar-refractivity contribution in [1.29, 1.82) is 0 Å². The zero-order chi connectivity index (χ0) is 15.1. The molecule has 1 aliphatic heterocycles. The molecule has 1 aromatic rings. The third-order valence-electron chi connectivity index (χ3n) is 3.62. The summed E-state index contributed by atoms with van der Waals surface area (Å²) < 4.78 is 11.3. The Bertz CT molecular complexity index is 453. The van der Waals surface area contributed by atoms with E-state index in [-0.39, 0.29) is 6.61 Å². The lowest BCUT2D eigenvalue weighted by molar-refractivity contribution is 0.171. The molecule has 0 bridgehead atoms. The van der Waals surface area contributed by atoms with Crippen LogP contribution in [0.15, 0.2) is 17.0 Å². The van der Waals surface area contributed by atoms with E-state index >= 15 is 0 Å². The van der Waals surface area contributed by atoms with Gasteiger partial charge in [0.25, 0.3) is 0 Å². The number of aliphatic hydroxyl groups excluding tert-OH is 1. The zero-order valence-corrected chi connectivity index (χ0v) is 13.7. The van der Waals surface area contributed by atoms with Crippen LogP contribution in [0.5, 0.6) is 11.5 Å². The molecule has 21 heavy (non-hydrogen) atoms. The van der Waals surface area contributed by atoms with Crippen molar-refractivity contribution in [3.63, 3.8) is 0 Å². The molecule has 2 rings (SSSR count). The van der Waals surface area contributed by atoms with E-state index in [1.165, 1.54) is 10.5 Å². The van der Waals surface area contributed by atoms with Crippen LogP contribution < -0.4 is 14.8 Å². The molecule has 1 heterocycles. The standard InChI is InChI=1S/C16H25NO3S/c1-12(11-18)4-3-5-17-10-13-8-14-15(9-16(13)21-2)20-7-6-19-14/h8-9,12,17-18H,3-7,10-11H2,1-2H3. The van der Waals surface area contributed by atoms with Crippen LogP contribution in [0.1, 0.15) is 25.3 Å². The average molecular weight is 311 g/mol. The van der Waals surface area contributed by atoms with Crippen LogP contribution in [0.4, 0.5) is 0 Å². The van der Waals surface area contributed by atoms with E-state index in [9.17, 15) is 0 Å². The van der Waals surface area contributed by atoms with Gasteiger partial charge in [-0.25, -0.2) is 0 Å². The van der Waals surface area contributed by atoms with Gasteiger partial charge in [0.15, 0.2) is 11.5 Å². The monoisotopic (exact) mass is 311 g/mol. The maximum Gasteiger partial charge on any atom is 0.162 e. The van der Waals surface area contributed by atoms with E-state index in [4.69, 9.17) is 14.6 Å². The fraction of sp³-hybridized carbons (Fsp3) is 0.625. The highest BCUT2D eigenvalue weighted by atomic mass is 32.2. The number of benzene rings is 1. The molecule has 0 amide bonds. The molecular formula is C16H25NO3S. The third kappa shape index (κ3) is 4.80. The molecule has 5 heteroatoms. The summed E-state index contributed by atoms with van der Waals surface area (Å²) >= 11 is 1.73. The Morgan fingerprint density at radius 2 is 2.00 bits per heavy atom. The van der Waals surface area contributed by atoms with Crippen molar-refractivity contribution in [2.75, 3.05) is 32.6 Å². The number of nitrogens with one attached hydrogen (secondary N) is 1. The summed E-state index contributed by atoms with van der Waals surface area (Å²) in [5, 5.41) is 12.5. The minimum Gasteiger partial charge on any atom is -0.486 e. The Morgan fingerprint density at radius 1 is 1.29 bits per heavy atom. The largest absolute Gasteiger partial charge is 0.486 e. The van der Waals surface area contributed by atoms with E-state index in [0.717, 1.165) is 37.4 Å². The van der Waals surface area contributed by atoms with Gasteiger partial charge in [-0.2, -0.15) is 0 Å². The van der Waals surface area contributed by atoms with Gasteiger partial charge < -0.3 is 19.9 Å². The van der Waals surface area contributed by atoms with Crippen LogP contribution in [0.2, 0.25) is 0 Å². The first kappa shape index (κ1) is 16.5. The minimum absolute atomic E-state index is 0.277. The van der Waals surface area contributed by atoms with Gasteiger partial charge in [0.05, 0.1) is 0 Å². The molecule has 0 aromatic heterocycles.